The SMILES string of the molecule is N=C(N)N.c1ccc2c(c1)-c1nc-2nc2[nH]c(nc3nc(nc4[nH]c(n1)c1ccccc41)-c1ccccc1-3)c1ccccc21. The van der Waals surface area contributed by atoms with Gasteiger partial charge in [-0.2, -0.15) is 0 Å². The Bertz CT molecular complexity index is 2130. The van der Waals surface area contributed by atoms with Crippen LogP contribution in [0.25, 0.3) is 89.7 Å². The highest BCUT2D eigenvalue weighted by Gasteiger charge is 2.21. The Kier molecular flexibility index (Phi) is 5.63. The van der Waals surface area contributed by atoms with Crippen molar-refractivity contribution in [3.8, 4) is 45.6 Å². The van der Waals surface area contributed by atoms with E-state index in [-0.39, 0.29) is 5.96 Å². The van der Waals surface area contributed by atoms with E-state index in [1.165, 1.54) is 0 Å². The first-order chi connectivity index (χ1) is 21.5. The zero-order valence-corrected chi connectivity index (χ0v) is 23.1. The van der Waals surface area contributed by atoms with Crippen LogP contribution in [0, 0.1) is 5.41 Å². The Morgan fingerprint density at radius 2 is 0.636 bits per heavy atom. The lowest BCUT2D eigenvalue weighted by molar-refractivity contribution is 1.19. The molecule has 0 unspecified atom stereocenters. The topological polar surface area (TPSA) is 185 Å². The van der Waals surface area contributed by atoms with Gasteiger partial charge in [0.05, 0.1) is 0 Å². The molecular weight excluding hydrogens is 550 g/mol. The maximum Gasteiger partial charge on any atom is 0.183 e. The number of nitrogens with zero attached hydrogens (tertiary/aromatic N) is 6. The number of hydrogen-bond acceptors (Lipinski definition) is 7. The largest absolute Gasteiger partial charge is 0.370 e. The summed E-state index contributed by atoms with van der Waals surface area (Å²) in [4.78, 5) is 36.8. The lowest BCUT2D eigenvalue weighted by Crippen LogP contribution is -2.20. The van der Waals surface area contributed by atoms with Gasteiger partial charge in [0.2, 0.25) is 0 Å². The molecule has 0 atom stereocenters. The number of fused-ring (bicyclic) bond motifs is 20. The summed E-state index contributed by atoms with van der Waals surface area (Å²) in [6, 6.07) is 32.2. The van der Waals surface area contributed by atoms with Crippen molar-refractivity contribution < 1.29 is 0 Å². The molecular formula is C33H23N11. The second-order valence-corrected chi connectivity index (χ2v) is 10.2. The Hall–Kier alpha value is -6.49. The van der Waals surface area contributed by atoms with E-state index in [9.17, 15) is 0 Å². The van der Waals surface area contributed by atoms with Gasteiger partial charge in [0.15, 0.2) is 29.3 Å². The first kappa shape index (κ1) is 25.2. The predicted molar refractivity (Wildman–Crippen MR) is 172 cm³/mol. The highest BCUT2D eigenvalue weighted by atomic mass is 15.1. The Morgan fingerprint density at radius 3 is 0.886 bits per heavy atom. The van der Waals surface area contributed by atoms with Gasteiger partial charge >= 0.3 is 0 Å². The van der Waals surface area contributed by atoms with Gasteiger partial charge in [0.25, 0.3) is 0 Å². The van der Waals surface area contributed by atoms with Gasteiger partial charge in [0, 0.05) is 43.8 Å². The number of aromatic nitrogens is 8. The third-order valence-electron chi connectivity index (χ3n) is 7.46. The third kappa shape index (κ3) is 4.10. The van der Waals surface area contributed by atoms with Gasteiger partial charge in [-0.3, -0.25) is 5.41 Å². The summed E-state index contributed by atoms with van der Waals surface area (Å²) in [6.45, 7) is 0. The van der Waals surface area contributed by atoms with Crippen molar-refractivity contribution in [1.29, 1.82) is 5.41 Å². The molecule has 11 heteroatoms. The van der Waals surface area contributed by atoms with Gasteiger partial charge in [-0.15, -0.1) is 0 Å². The number of H-pyrrole nitrogens is 2. The molecule has 0 amide bonds. The molecule has 2 aliphatic rings. The van der Waals surface area contributed by atoms with Gasteiger partial charge in [-0.05, 0) is 0 Å². The molecule has 7 aromatic rings. The molecule has 8 bridgehead atoms. The summed E-state index contributed by atoms with van der Waals surface area (Å²) in [5, 5.41) is 9.88. The van der Waals surface area contributed by atoms with E-state index in [0.29, 0.717) is 45.9 Å². The van der Waals surface area contributed by atoms with Gasteiger partial charge < -0.3 is 21.4 Å². The van der Waals surface area contributed by atoms with Crippen LogP contribution in [0.15, 0.2) is 97.1 Å². The van der Waals surface area contributed by atoms with Gasteiger partial charge in [-0.25, -0.2) is 29.9 Å². The fourth-order valence-corrected chi connectivity index (χ4v) is 5.59. The molecule has 9 rings (SSSR count). The van der Waals surface area contributed by atoms with Crippen molar-refractivity contribution >= 4 is 50.1 Å². The second-order valence-electron chi connectivity index (χ2n) is 10.2. The van der Waals surface area contributed by atoms with Crippen molar-refractivity contribution in [2.75, 3.05) is 0 Å². The molecule has 0 fully saturated rings. The van der Waals surface area contributed by atoms with Crippen molar-refractivity contribution in [1.82, 2.24) is 39.9 Å². The average Bonchev–Trinajstić information content (AvgIpc) is 3.76. The van der Waals surface area contributed by atoms with E-state index in [0.717, 1.165) is 43.8 Å². The van der Waals surface area contributed by atoms with Gasteiger partial charge in [0.1, 0.15) is 22.6 Å². The summed E-state index contributed by atoms with van der Waals surface area (Å²) in [5.74, 6) is 2.06. The maximum absolute atomic E-state index is 6.06. The van der Waals surface area contributed by atoms with Crippen LogP contribution in [-0.4, -0.2) is 45.8 Å². The van der Waals surface area contributed by atoms with Crippen molar-refractivity contribution in [3.63, 3.8) is 0 Å². The molecule has 0 saturated heterocycles. The van der Waals surface area contributed by atoms with Crippen LogP contribution < -0.4 is 11.5 Å². The van der Waals surface area contributed by atoms with Crippen molar-refractivity contribution in [2.24, 2.45) is 11.5 Å². The number of hydrogen-bond donors (Lipinski definition) is 5. The number of guanidine groups is 1. The quantitative estimate of drug-likeness (QED) is 0.113. The number of benzene rings is 4. The first-order valence-electron chi connectivity index (χ1n) is 13.8. The summed E-state index contributed by atoms with van der Waals surface area (Å²) in [5.41, 5.74) is 15.4. The molecule has 4 aromatic carbocycles. The second kappa shape index (κ2) is 9.81. The summed E-state index contributed by atoms with van der Waals surface area (Å²) >= 11 is 0. The molecule has 0 saturated carbocycles. The van der Waals surface area contributed by atoms with E-state index in [2.05, 4.69) is 21.4 Å². The lowest BCUT2D eigenvalue weighted by Gasteiger charge is -1.96. The Morgan fingerprint density at radius 1 is 0.409 bits per heavy atom. The normalized spacial score (nSPS) is 11.5. The summed E-state index contributed by atoms with van der Waals surface area (Å²) < 4.78 is 0. The average molecular weight is 574 g/mol. The summed E-state index contributed by atoms with van der Waals surface area (Å²) in [6.07, 6.45) is 0. The number of nitrogens with one attached hydrogen (secondary N) is 3. The number of rotatable bonds is 0. The monoisotopic (exact) mass is 573 g/mol. The van der Waals surface area contributed by atoms with Crippen LogP contribution in [-0.2, 0) is 0 Å². The zero-order valence-electron chi connectivity index (χ0n) is 23.1. The summed E-state index contributed by atoms with van der Waals surface area (Å²) in [7, 11) is 0. The molecule has 5 heterocycles. The number of nitrogens with two attached hydrogens (primary N) is 2. The van der Waals surface area contributed by atoms with Gasteiger partial charge in [-0.1, -0.05) is 97.1 Å². The molecule has 2 aliphatic heterocycles. The highest BCUT2D eigenvalue weighted by Crippen LogP contribution is 2.36. The van der Waals surface area contributed by atoms with Crippen LogP contribution in [0.4, 0.5) is 0 Å². The minimum atomic E-state index is -0.333. The maximum atomic E-state index is 6.06. The minimum absolute atomic E-state index is 0.333. The van der Waals surface area contributed by atoms with E-state index >= 15 is 0 Å². The van der Waals surface area contributed by atoms with Crippen LogP contribution in [0.2, 0.25) is 0 Å². The molecule has 0 aliphatic carbocycles. The zero-order chi connectivity index (χ0) is 29.8. The fourth-order valence-electron chi connectivity index (χ4n) is 5.59. The molecule has 44 heavy (non-hydrogen) atoms. The van der Waals surface area contributed by atoms with E-state index in [1.54, 1.807) is 0 Å². The molecule has 7 N–H and O–H groups in total. The molecule has 0 spiro atoms. The third-order valence-corrected chi connectivity index (χ3v) is 7.46. The van der Waals surface area contributed by atoms with E-state index in [4.69, 9.17) is 35.3 Å². The fraction of sp³-hybridized carbons (Fsp3) is 0. The van der Waals surface area contributed by atoms with Crippen molar-refractivity contribution in [2.45, 2.75) is 0 Å². The smallest absolute Gasteiger partial charge is 0.183 e. The minimum Gasteiger partial charge on any atom is -0.370 e. The lowest BCUT2D eigenvalue weighted by atomic mass is 10.1. The van der Waals surface area contributed by atoms with Crippen LogP contribution in [0.1, 0.15) is 0 Å². The van der Waals surface area contributed by atoms with E-state index < -0.39 is 0 Å². The molecule has 0 radical (unpaired) electrons. The van der Waals surface area contributed by atoms with Crippen LogP contribution in [0.3, 0.4) is 0 Å². The molecule has 3 aromatic heterocycles. The Balaban J connectivity index is 0.000000684. The first-order valence-corrected chi connectivity index (χ1v) is 13.8. The van der Waals surface area contributed by atoms with Crippen molar-refractivity contribution in [3.05, 3.63) is 97.1 Å². The molecule has 11 nitrogen and oxygen atoms in total. The predicted octanol–water partition coefficient (Wildman–Crippen LogP) is 5.71. The number of aromatic amines is 2. The highest BCUT2D eigenvalue weighted by molar-refractivity contribution is 6.06. The van der Waals surface area contributed by atoms with E-state index in [1.807, 2.05) is 97.1 Å². The Labute approximate surface area is 249 Å². The van der Waals surface area contributed by atoms with Crippen LogP contribution >= 0.6 is 0 Å². The molecule has 210 valence electrons. The van der Waals surface area contributed by atoms with Crippen LogP contribution in [0.5, 0.6) is 0 Å². The standard InChI is InChI=1S/C32H18N8.CH5N3/c1-2-10-18-17(9-1)25-33-26(18)38-28-21-13-5-6-14-22(21)30(35-28)40-32-24-16-8-7-15-23(24)31(36-32)39-29-20-12-4-3-11-19(20)27(34-29)37-25;2-1(3)4/h1-16H,(H2,33,34,35,36,37,38,39,40);(H5,2,3,4).